The van der Waals surface area contributed by atoms with Gasteiger partial charge in [-0.15, -0.1) is 0 Å². The number of rotatable bonds is 12. The van der Waals surface area contributed by atoms with E-state index in [0.717, 1.165) is 12.0 Å². The van der Waals surface area contributed by atoms with Crippen LogP contribution in [-0.2, 0) is 22.5 Å². The fourth-order valence-corrected chi connectivity index (χ4v) is 3.32. The van der Waals surface area contributed by atoms with E-state index in [2.05, 4.69) is 57.2 Å². The Morgan fingerprint density at radius 1 is 0.815 bits per heavy atom. The zero-order valence-electron chi connectivity index (χ0n) is 16.9. The van der Waals surface area contributed by atoms with Crippen LogP contribution in [0.2, 0.25) is 0 Å². The van der Waals surface area contributed by atoms with E-state index in [0.29, 0.717) is 25.6 Å². The van der Waals surface area contributed by atoms with Crippen LogP contribution in [0.25, 0.3) is 0 Å². The maximum absolute atomic E-state index is 9.63. The summed E-state index contributed by atoms with van der Waals surface area (Å²) in [5, 5.41) is 9.63. The topological polar surface area (TPSA) is 38.7 Å². The quantitative estimate of drug-likeness (QED) is 0.579. The molecule has 3 nitrogen and oxygen atoms in total. The van der Waals surface area contributed by atoms with Crippen molar-refractivity contribution < 1.29 is 14.6 Å². The van der Waals surface area contributed by atoms with E-state index in [1.54, 1.807) is 0 Å². The Morgan fingerprint density at radius 3 is 1.96 bits per heavy atom. The second-order valence-corrected chi connectivity index (χ2v) is 7.66. The molecule has 27 heavy (non-hydrogen) atoms. The summed E-state index contributed by atoms with van der Waals surface area (Å²) in [5.41, 5.74) is 2.43. The van der Waals surface area contributed by atoms with Gasteiger partial charge in [0.05, 0.1) is 18.8 Å². The summed E-state index contributed by atoms with van der Waals surface area (Å²) in [6, 6.07) is 20.6. The highest BCUT2D eigenvalue weighted by Gasteiger charge is 2.28. The summed E-state index contributed by atoms with van der Waals surface area (Å²) in [6.07, 6.45) is 1.48. The first kappa shape index (κ1) is 21.6. The van der Waals surface area contributed by atoms with Gasteiger partial charge in [-0.05, 0) is 42.7 Å². The normalized spacial score (nSPS) is 14.9. The molecule has 2 aromatic rings. The van der Waals surface area contributed by atoms with E-state index in [1.165, 1.54) is 5.56 Å². The first-order chi connectivity index (χ1) is 13.1. The van der Waals surface area contributed by atoms with Crippen molar-refractivity contribution in [3.63, 3.8) is 0 Å². The number of aliphatic hydroxyl groups is 1. The van der Waals surface area contributed by atoms with Gasteiger partial charge in [-0.3, -0.25) is 0 Å². The predicted molar refractivity (Wildman–Crippen MR) is 111 cm³/mol. The van der Waals surface area contributed by atoms with Crippen LogP contribution in [0.1, 0.15) is 38.3 Å². The SMILES string of the molecule is CC(C)CO[C@H]([C@H](CCO)Cc1ccccc1)[C@H](C)OCc1ccccc1. The lowest BCUT2D eigenvalue weighted by Crippen LogP contribution is -2.38. The Morgan fingerprint density at radius 2 is 1.41 bits per heavy atom. The molecular formula is C24H34O3. The molecule has 0 aliphatic heterocycles. The molecule has 0 aliphatic rings. The van der Waals surface area contributed by atoms with Crippen molar-refractivity contribution in [1.29, 1.82) is 0 Å². The van der Waals surface area contributed by atoms with Gasteiger partial charge in [-0.1, -0.05) is 74.5 Å². The summed E-state index contributed by atoms with van der Waals surface area (Å²) in [6.45, 7) is 7.82. The number of hydrogen-bond acceptors (Lipinski definition) is 3. The molecule has 0 aromatic heterocycles. The molecule has 0 heterocycles. The molecule has 0 fully saturated rings. The lowest BCUT2D eigenvalue weighted by molar-refractivity contribution is -0.104. The standard InChI is InChI=1S/C24H34O3/c1-19(2)17-27-24(20(3)26-18-22-12-8-5-9-13-22)23(14-15-25)16-21-10-6-4-7-11-21/h4-13,19-20,23-25H,14-18H2,1-3H3/t20-,23+,24-/m0/s1. The van der Waals surface area contributed by atoms with Crippen molar-refractivity contribution in [3.05, 3.63) is 71.8 Å². The summed E-state index contributed by atoms with van der Waals surface area (Å²) in [5.74, 6) is 0.669. The van der Waals surface area contributed by atoms with Gasteiger partial charge in [-0.25, -0.2) is 0 Å². The molecule has 3 heteroatoms. The van der Waals surface area contributed by atoms with E-state index in [-0.39, 0.29) is 24.7 Å². The van der Waals surface area contributed by atoms with Gasteiger partial charge in [0.25, 0.3) is 0 Å². The van der Waals surface area contributed by atoms with Crippen LogP contribution in [0, 0.1) is 11.8 Å². The van der Waals surface area contributed by atoms with Gasteiger partial charge in [0.2, 0.25) is 0 Å². The van der Waals surface area contributed by atoms with Crippen LogP contribution in [-0.4, -0.2) is 30.5 Å². The first-order valence-electron chi connectivity index (χ1n) is 10.0. The smallest absolute Gasteiger partial charge is 0.0866 e. The number of aliphatic hydroxyl groups excluding tert-OH is 1. The Balaban J connectivity index is 2.08. The van der Waals surface area contributed by atoms with E-state index in [1.807, 2.05) is 24.3 Å². The van der Waals surface area contributed by atoms with Crippen molar-refractivity contribution in [1.82, 2.24) is 0 Å². The molecular weight excluding hydrogens is 336 g/mol. The van der Waals surface area contributed by atoms with Gasteiger partial charge >= 0.3 is 0 Å². The molecule has 148 valence electrons. The Hall–Kier alpha value is -1.68. The highest BCUT2D eigenvalue weighted by molar-refractivity contribution is 5.16. The first-order valence-corrected chi connectivity index (χ1v) is 10.0. The van der Waals surface area contributed by atoms with Crippen molar-refractivity contribution in [2.75, 3.05) is 13.2 Å². The van der Waals surface area contributed by atoms with Gasteiger partial charge in [0.15, 0.2) is 0 Å². The van der Waals surface area contributed by atoms with Crippen molar-refractivity contribution in [2.24, 2.45) is 11.8 Å². The Labute approximate surface area is 164 Å². The third-order valence-corrected chi connectivity index (χ3v) is 4.75. The highest BCUT2D eigenvalue weighted by atomic mass is 16.5. The molecule has 0 saturated heterocycles. The zero-order valence-corrected chi connectivity index (χ0v) is 16.9. The average molecular weight is 371 g/mol. The predicted octanol–water partition coefficient (Wildman–Crippen LogP) is 4.87. The van der Waals surface area contributed by atoms with Crippen LogP contribution in [0.15, 0.2) is 60.7 Å². The molecule has 0 bridgehead atoms. The largest absolute Gasteiger partial charge is 0.396 e. The monoisotopic (exact) mass is 370 g/mol. The molecule has 1 N–H and O–H groups in total. The van der Waals surface area contributed by atoms with Crippen LogP contribution >= 0.6 is 0 Å². The summed E-state index contributed by atoms with van der Waals surface area (Å²) >= 11 is 0. The molecule has 0 radical (unpaired) electrons. The van der Waals surface area contributed by atoms with Crippen LogP contribution < -0.4 is 0 Å². The van der Waals surface area contributed by atoms with Gasteiger partial charge in [0, 0.05) is 13.2 Å². The fraction of sp³-hybridized carbons (Fsp3) is 0.500. The Kier molecular flexibility index (Phi) is 9.54. The molecule has 0 aliphatic carbocycles. The second-order valence-electron chi connectivity index (χ2n) is 7.66. The van der Waals surface area contributed by atoms with Crippen molar-refractivity contribution in [3.8, 4) is 0 Å². The van der Waals surface area contributed by atoms with E-state index in [9.17, 15) is 5.11 Å². The van der Waals surface area contributed by atoms with Crippen LogP contribution in [0.5, 0.6) is 0 Å². The maximum atomic E-state index is 9.63. The van der Waals surface area contributed by atoms with Gasteiger partial charge in [-0.2, -0.15) is 0 Å². The van der Waals surface area contributed by atoms with Crippen LogP contribution in [0.3, 0.4) is 0 Å². The van der Waals surface area contributed by atoms with E-state index >= 15 is 0 Å². The second kappa shape index (κ2) is 11.9. The summed E-state index contributed by atoms with van der Waals surface area (Å²) in [4.78, 5) is 0. The zero-order chi connectivity index (χ0) is 19.5. The lowest BCUT2D eigenvalue weighted by Gasteiger charge is -2.32. The third-order valence-electron chi connectivity index (χ3n) is 4.75. The minimum Gasteiger partial charge on any atom is -0.396 e. The molecule has 2 rings (SSSR count). The summed E-state index contributed by atoms with van der Waals surface area (Å²) < 4.78 is 12.5. The van der Waals surface area contributed by atoms with E-state index < -0.39 is 0 Å². The molecule has 2 aromatic carbocycles. The lowest BCUT2D eigenvalue weighted by atomic mass is 9.88. The van der Waals surface area contributed by atoms with E-state index in [4.69, 9.17) is 9.47 Å². The van der Waals surface area contributed by atoms with Crippen molar-refractivity contribution in [2.45, 2.75) is 52.4 Å². The number of ether oxygens (including phenoxy) is 2. The average Bonchev–Trinajstić information content (AvgIpc) is 2.68. The molecule has 0 saturated carbocycles. The maximum Gasteiger partial charge on any atom is 0.0866 e. The minimum atomic E-state index is -0.0523. The molecule has 0 spiro atoms. The number of hydrogen-bond donors (Lipinski definition) is 1. The molecule has 0 unspecified atom stereocenters. The molecule has 0 amide bonds. The minimum absolute atomic E-state index is 0.0516. The van der Waals surface area contributed by atoms with Gasteiger partial charge in [0.1, 0.15) is 0 Å². The van der Waals surface area contributed by atoms with Gasteiger partial charge < -0.3 is 14.6 Å². The van der Waals surface area contributed by atoms with Crippen LogP contribution in [0.4, 0.5) is 0 Å². The third kappa shape index (κ3) is 7.84. The number of benzene rings is 2. The van der Waals surface area contributed by atoms with Crippen molar-refractivity contribution >= 4 is 0 Å². The molecule has 3 atom stereocenters. The summed E-state index contributed by atoms with van der Waals surface area (Å²) in [7, 11) is 0. The highest BCUT2D eigenvalue weighted by Crippen LogP contribution is 2.24. The Bertz CT molecular complexity index is 612. The fourth-order valence-electron chi connectivity index (χ4n) is 3.32.